The van der Waals surface area contributed by atoms with Crippen LogP contribution in [0.25, 0.3) is 6.08 Å². The zero-order chi connectivity index (χ0) is 27.6. The molecule has 1 amide bonds. The van der Waals surface area contributed by atoms with E-state index < -0.39 is 35.0 Å². The number of carbonyl (C=O) groups is 3. The predicted molar refractivity (Wildman–Crippen MR) is 155 cm³/mol. The van der Waals surface area contributed by atoms with Crippen LogP contribution in [0.4, 0.5) is 15.8 Å². The molecule has 3 heterocycles. The first kappa shape index (κ1) is 24.7. The number of hydrogen-bond acceptors (Lipinski definition) is 4. The van der Waals surface area contributed by atoms with Crippen LogP contribution in [0.1, 0.15) is 31.8 Å². The Balaban J connectivity index is 1.55. The molecule has 0 bridgehead atoms. The number of halogens is 2. The highest BCUT2D eigenvalue weighted by Crippen LogP contribution is 2.58. The van der Waals surface area contributed by atoms with Gasteiger partial charge in [-0.05, 0) is 47.5 Å². The third kappa shape index (κ3) is 3.34. The fraction of sp³-hybridized carbons (Fsp3) is 0.121. The summed E-state index contributed by atoms with van der Waals surface area (Å²) in [6, 6.07) is 25.7. The largest absolute Gasteiger partial charge is 0.352 e. The molecule has 0 radical (unpaired) electrons. The van der Waals surface area contributed by atoms with E-state index in [0.29, 0.717) is 22.5 Å². The summed E-state index contributed by atoms with van der Waals surface area (Å²) in [6.45, 7) is 0. The molecule has 3 aliphatic heterocycles. The van der Waals surface area contributed by atoms with Crippen molar-refractivity contribution in [2.75, 3.05) is 10.2 Å². The molecule has 7 heteroatoms. The number of ketones is 2. The Kier molecular flexibility index (Phi) is 5.61. The van der Waals surface area contributed by atoms with Crippen molar-refractivity contribution >= 4 is 50.9 Å². The van der Waals surface area contributed by atoms with E-state index >= 15 is 4.39 Å². The molecule has 196 valence electrons. The van der Waals surface area contributed by atoms with E-state index in [2.05, 4.69) is 21.2 Å². The fourth-order valence-corrected chi connectivity index (χ4v) is 7.00. The van der Waals surface area contributed by atoms with E-state index in [-0.39, 0.29) is 17.3 Å². The van der Waals surface area contributed by atoms with Gasteiger partial charge in [-0.2, -0.15) is 0 Å². The quantitative estimate of drug-likeness (QED) is 0.277. The predicted octanol–water partition coefficient (Wildman–Crippen LogP) is 6.44. The fourth-order valence-electron chi connectivity index (χ4n) is 6.73. The number of anilines is 2. The second kappa shape index (κ2) is 9.10. The van der Waals surface area contributed by atoms with Crippen LogP contribution in [0.5, 0.6) is 0 Å². The number of hydrogen-bond donors (Lipinski definition) is 1. The monoisotopic (exact) mass is 592 g/mol. The third-order valence-corrected chi connectivity index (χ3v) is 8.89. The second-order valence-corrected chi connectivity index (χ2v) is 11.2. The Morgan fingerprint density at radius 2 is 1.55 bits per heavy atom. The summed E-state index contributed by atoms with van der Waals surface area (Å²) in [5.74, 6) is -3.07. The van der Waals surface area contributed by atoms with Crippen LogP contribution in [0.3, 0.4) is 0 Å². The van der Waals surface area contributed by atoms with Gasteiger partial charge in [0.05, 0.1) is 17.5 Å². The Bertz CT molecular complexity index is 1750. The van der Waals surface area contributed by atoms with E-state index in [9.17, 15) is 14.4 Å². The van der Waals surface area contributed by atoms with Gasteiger partial charge >= 0.3 is 0 Å². The van der Waals surface area contributed by atoms with Gasteiger partial charge in [-0.3, -0.25) is 14.4 Å². The van der Waals surface area contributed by atoms with Gasteiger partial charge in [0.25, 0.3) is 0 Å². The highest BCUT2D eigenvalue weighted by molar-refractivity contribution is 9.10. The highest BCUT2D eigenvalue weighted by atomic mass is 79.9. The average Bonchev–Trinajstić information content (AvgIpc) is 3.45. The maximum atomic E-state index is 15.2. The number of nitrogens with one attached hydrogen (secondary N) is 1. The number of rotatable bonds is 4. The molecular formula is C33H22BrFN2O3. The molecule has 1 N–H and O–H groups in total. The summed E-state index contributed by atoms with van der Waals surface area (Å²) in [6.07, 6.45) is 3.84. The molecule has 0 aromatic heterocycles. The van der Waals surface area contributed by atoms with Gasteiger partial charge in [-0.15, -0.1) is 0 Å². The van der Waals surface area contributed by atoms with Crippen LogP contribution in [0.2, 0.25) is 0 Å². The standard InChI is InChI=1S/C33H22BrFN2O3/c34-21-16-13-20(14-17-21)30(38)28-29(31(39)22-8-2-4-10-24(22)35)37-26-12-6-1-7-19(26)15-18-27(37)33(28)23-9-3-5-11-25(23)36-32(33)40/h1-18,27-29H,(H,36,40)/t27-,28-,29+,33-/m1/s1. The van der Waals surface area contributed by atoms with Crippen LogP contribution in [-0.4, -0.2) is 29.6 Å². The first-order valence-electron chi connectivity index (χ1n) is 13.0. The Morgan fingerprint density at radius 3 is 2.35 bits per heavy atom. The number of Topliss-reactive ketones (excluding diaryl/α,β-unsaturated/α-hetero) is 2. The zero-order valence-corrected chi connectivity index (χ0v) is 22.6. The zero-order valence-electron chi connectivity index (χ0n) is 21.1. The third-order valence-electron chi connectivity index (χ3n) is 8.36. The number of fused-ring (bicyclic) bond motifs is 6. The minimum atomic E-state index is -1.43. The first-order chi connectivity index (χ1) is 19.4. The number of nitrogens with zero attached hydrogens (tertiary/aromatic N) is 1. The molecule has 0 unspecified atom stereocenters. The second-order valence-electron chi connectivity index (χ2n) is 10.3. The molecule has 4 aromatic carbocycles. The summed E-state index contributed by atoms with van der Waals surface area (Å²) >= 11 is 3.42. The SMILES string of the molecule is O=C(c1ccccc1F)[C@@H]1[C@H](C(=O)c2ccc(Br)cc2)[C@]2(C(=O)Nc3ccccc32)[C@H]2C=Cc3ccccc3N12. The molecule has 0 aliphatic carbocycles. The van der Waals surface area contributed by atoms with Crippen molar-refractivity contribution in [3.05, 3.63) is 136 Å². The number of carbonyl (C=O) groups excluding carboxylic acids is 3. The van der Waals surface area contributed by atoms with Crippen LogP contribution < -0.4 is 10.2 Å². The normalized spacial score (nSPS) is 23.9. The molecule has 1 fully saturated rings. The lowest BCUT2D eigenvalue weighted by Gasteiger charge is -2.37. The van der Waals surface area contributed by atoms with E-state index in [0.717, 1.165) is 10.0 Å². The van der Waals surface area contributed by atoms with Gasteiger partial charge in [0.1, 0.15) is 17.3 Å². The number of para-hydroxylation sites is 2. The summed E-state index contributed by atoms with van der Waals surface area (Å²) in [5.41, 5.74) is 1.64. The van der Waals surface area contributed by atoms with Crippen molar-refractivity contribution in [3.63, 3.8) is 0 Å². The topological polar surface area (TPSA) is 66.5 Å². The smallest absolute Gasteiger partial charge is 0.238 e. The summed E-state index contributed by atoms with van der Waals surface area (Å²) in [4.78, 5) is 45.3. The van der Waals surface area contributed by atoms with E-state index in [1.807, 2.05) is 59.5 Å². The number of amides is 1. The molecule has 1 spiro atoms. The Hall–Kier alpha value is -4.36. The Morgan fingerprint density at radius 1 is 0.850 bits per heavy atom. The lowest BCUT2D eigenvalue weighted by atomic mass is 9.64. The van der Waals surface area contributed by atoms with Gasteiger partial charge in [-0.25, -0.2) is 4.39 Å². The minimum absolute atomic E-state index is 0.115. The van der Waals surface area contributed by atoms with E-state index in [4.69, 9.17) is 0 Å². The minimum Gasteiger partial charge on any atom is -0.352 e. The summed E-state index contributed by atoms with van der Waals surface area (Å²) < 4.78 is 16.0. The van der Waals surface area contributed by atoms with Crippen molar-refractivity contribution in [1.82, 2.24) is 0 Å². The van der Waals surface area contributed by atoms with Gasteiger partial charge in [0.15, 0.2) is 11.6 Å². The van der Waals surface area contributed by atoms with Crippen LogP contribution in [-0.2, 0) is 10.2 Å². The molecular weight excluding hydrogens is 571 g/mol. The van der Waals surface area contributed by atoms with Crippen LogP contribution in [0, 0.1) is 11.7 Å². The lowest BCUT2D eigenvalue weighted by Crippen LogP contribution is -2.51. The van der Waals surface area contributed by atoms with Crippen molar-refractivity contribution in [2.24, 2.45) is 5.92 Å². The first-order valence-corrected chi connectivity index (χ1v) is 13.8. The molecule has 7 rings (SSSR count). The van der Waals surface area contributed by atoms with Gasteiger partial charge in [-0.1, -0.05) is 88.7 Å². The van der Waals surface area contributed by atoms with Crippen molar-refractivity contribution in [2.45, 2.75) is 17.5 Å². The molecule has 4 atom stereocenters. The summed E-state index contributed by atoms with van der Waals surface area (Å²) in [5, 5.41) is 3.00. The molecule has 0 saturated carbocycles. The van der Waals surface area contributed by atoms with Crippen LogP contribution in [0.15, 0.2) is 108 Å². The maximum absolute atomic E-state index is 15.2. The van der Waals surface area contributed by atoms with Gasteiger partial charge in [0, 0.05) is 21.4 Å². The van der Waals surface area contributed by atoms with Crippen molar-refractivity contribution in [1.29, 1.82) is 0 Å². The summed E-state index contributed by atoms with van der Waals surface area (Å²) in [7, 11) is 0. The lowest BCUT2D eigenvalue weighted by molar-refractivity contribution is -0.121. The molecule has 5 nitrogen and oxygen atoms in total. The molecule has 3 aliphatic rings. The number of benzene rings is 4. The van der Waals surface area contributed by atoms with Gasteiger partial charge < -0.3 is 10.2 Å². The van der Waals surface area contributed by atoms with Crippen molar-refractivity contribution < 1.29 is 18.8 Å². The van der Waals surface area contributed by atoms with E-state index in [1.165, 1.54) is 18.2 Å². The average molecular weight is 593 g/mol. The van der Waals surface area contributed by atoms with Crippen molar-refractivity contribution in [3.8, 4) is 0 Å². The van der Waals surface area contributed by atoms with Crippen LogP contribution >= 0.6 is 15.9 Å². The Labute approximate surface area is 238 Å². The highest BCUT2D eigenvalue weighted by Gasteiger charge is 2.70. The molecule has 40 heavy (non-hydrogen) atoms. The maximum Gasteiger partial charge on any atom is 0.238 e. The van der Waals surface area contributed by atoms with E-state index in [1.54, 1.807) is 36.4 Å². The molecule has 4 aromatic rings. The molecule has 1 saturated heterocycles. The van der Waals surface area contributed by atoms with Gasteiger partial charge in [0.2, 0.25) is 5.91 Å².